The summed E-state index contributed by atoms with van der Waals surface area (Å²) < 4.78 is 6.74. The van der Waals surface area contributed by atoms with Crippen molar-refractivity contribution in [1.82, 2.24) is 9.88 Å². The van der Waals surface area contributed by atoms with Gasteiger partial charge < -0.3 is 15.8 Å². The summed E-state index contributed by atoms with van der Waals surface area (Å²) in [5.41, 5.74) is 7.88. The molecule has 2 amide bonds. The number of allylic oxidation sites excluding steroid dienone is 1. The summed E-state index contributed by atoms with van der Waals surface area (Å²) in [5.74, 6) is 0. The van der Waals surface area contributed by atoms with Gasteiger partial charge in [-0.1, -0.05) is 18.2 Å². The molecule has 3 rings (SSSR count). The third-order valence-corrected chi connectivity index (χ3v) is 4.15. The number of amides is 2. The van der Waals surface area contributed by atoms with Crippen molar-refractivity contribution in [3.63, 3.8) is 0 Å². The first-order chi connectivity index (χ1) is 11.7. The van der Waals surface area contributed by atoms with E-state index in [9.17, 15) is 9.59 Å². The molecule has 0 radical (unpaired) electrons. The smallest absolute Gasteiger partial charge is 0.408 e. The number of hydrogen-bond acceptors (Lipinski definition) is 3. The lowest BCUT2D eigenvalue weighted by molar-refractivity contribution is 0.0514. The van der Waals surface area contributed by atoms with Crippen molar-refractivity contribution < 1.29 is 14.3 Å². The Morgan fingerprint density at radius 2 is 2.04 bits per heavy atom. The fourth-order valence-corrected chi connectivity index (χ4v) is 3.16. The molecule has 0 fully saturated rings. The zero-order valence-corrected chi connectivity index (χ0v) is 14.7. The van der Waals surface area contributed by atoms with Gasteiger partial charge in [0.05, 0.1) is 11.6 Å². The van der Waals surface area contributed by atoms with Gasteiger partial charge in [0.25, 0.3) is 0 Å². The summed E-state index contributed by atoms with van der Waals surface area (Å²) in [5, 5.41) is 3.87. The van der Waals surface area contributed by atoms with E-state index in [-0.39, 0.29) is 6.04 Å². The largest absolute Gasteiger partial charge is 0.444 e. The van der Waals surface area contributed by atoms with Crippen molar-refractivity contribution >= 4 is 28.6 Å². The maximum absolute atomic E-state index is 11.9. The second-order valence-electron chi connectivity index (χ2n) is 7.25. The first-order valence-electron chi connectivity index (χ1n) is 8.35. The van der Waals surface area contributed by atoms with Crippen LogP contribution in [0.25, 0.3) is 16.5 Å². The highest BCUT2D eigenvalue weighted by atomic mass is 16.6. The van der Waals surface area contributed by atoms with Crippen molar-refractivity contribution in [2.75, 3.05) is 0 Å². The predicted octanol–water partition coefficient (Wildman–Crippen LogP) is 3.64. The molecule has 1 aromatic heterocycles. The number of carbonyl (C=O) groups excluding carboxylic acids is 2. The molecule has 1 aliphatic carbocycles. The summed E-state index contributed by atoms with van der Waals surface area (Å²) >= 11 is 0. The van der Waals surface area contributed by atoms with Gasteiger partial charge in [-0.2, -0.15) is 0 Å². The van der Waals surface area contributed by atoms with Crippen LogP contribution in [0.2, 0.25) is 0 Å². The normalized spacial score (nSPS) is 17.4. The van der Waals surface area contributed by atoms with E-state index in [1.807, 2.05) is 45.0 Å². The maximum Gasteiger partial charge on any atom is 0.408 e. The van der Waals surface area contributed by atoms with Crippen molar-refractivity contribution in [1.29, 1.82) is 0 Å². The monoisotopic (exact) mass is 341 g/mol. The van der Waals surface area contributed by atoms with Crippen LogP contribution >= 0.6 is 0 Å². The van der Waals surface area contributed by atoms with Gasteiger partial charge in [0, 0.05) is 11.6 Å². The lowest BCUT2D eigenvalue weighted by Gasteiger charge is -2.21. The third kappa shape index (κ3) is 3.68. The average molecular weight is 341 g/mol. The molecule has 0 saturated carbocycles. The molecule has 0 aliphatic heterocycles. The Morgan fingerprint density at radius 3 is 2.72 bits per heavy atom. The number of hydrogen-bond donors (Lipinski definition) is 2. The van der Waals surface area contributed by atoms with Crippen molar-refractivity contribution in [2.45, 2.75) is 45.3 Å². The number of ether oxygens (including phenoxy) is 1. The van der Waals surface area contributed by atoms with E-state index in [1.165, 1.54) is 4.57 Å². The first kappa shape index (κ1) is 17.1. The summed E-state index contributed by atoms with van der Waals surface area (Å²) in [6, 6.07) is 7.14. The highest BCUT2D eigenvalue weighted by Gasteiger charge is 2.23. The van der Waals surface area contributed by atoms with Gasteiger partial charge in [0.1, 0.15) is 5.60 Å². The molecule has 1 aromatic carbocycles. The second-order valence-corrected chi connectivity index (χ2v) is 7.25. The molecule has 1 atom stereocenters. The molecule has 0 saturated heterocycles. The SMILES string of the molecule is CC(C)(C)OC(=O)NC1C=C(c2cccc3c2ccn3C(N)=O)CC1. The summed E-state index contributed by atoms with van der Waals surface area (Å²) in [6.07, 6.45) is 5.00. The van der Waals surface area contributed by atoms with Crippen LogP contribution in [-0.2, 0) is 4.74 Å². The zero-order valence-electron chi connectivity index (χ0n) is 14.7. The predicted molar refractivity (Wildman–Crippen MR) is 97.3 cm³/mol. The Morgan fingerprint density at radius 1 is 1.28 bits per heavy atom. The minimum Gasteiger partial charge on any atom is -0.444 e. The number of nitrogens with one attached hydrogen (secondary N) is 1. The molecule has 3 N–H and O–H groups in total. The number of nitrogens with two attached hydrogens (primary N) is 1. The molecule has 0 bridgehead atoms. The number of primary amides is 1. The van der Waals surface area contributed by atoms with Crippen LogP contribution < -0.4 is 11.1 Å². The molecule has 1 heterocycles. The van der Waals surface area contributed by atoms with Crippen LogP contribution in [0, 0.1) is 0 Å². The lowest BCUT2D eigenvalue weighted by atomic mass is 10.0. The maximum atomic E-state index is 11.9. The van der Waals surface area contributed by atoms with Gasteiger partial charge in [-0.05, 0) is 56.9 Å². The molecule has 25 heavy (non-hydrogen) atoms. The fourth-order valence-electron chi connectivity index (χ4n) is 3.16. The molecule has 6 heteroatoms. The van der Waals surface area contributed by atoms with E-state index in [0.29, 0.717) is 0 Å². The van der Waals surface area contributed by atoms with E-state index < -0.39 is 17.7 Å². The van der Waals surface area contributed by atoms with Crippen LogP contribution in [0.5, 0.6) is 0 Å². The lowest BCUT2D eigenvalue weighted by Crippen LogP contribution is -2.37. The molecule has 2 aromatic rings. The average Bonchev–Trinajstić information content (AvgIpc) is 3.11. The number of carbonyl (C=O) groups is 2. The van der Waals surface area contributed by atoms with Gasteiger partial charge in [-0.25, -0.2) is 9.59 Å². The van der Waals surface area contributed by atoms with Crippen molar-refractivity contribution in [3.8, 4) is 0 Å². The van der Waals surface area contributed by atoms with Gasteiger partial charge in [-0.15, -0.1) is 0 Å². The molecular formula is C19H23N3O3. The van der Waals surface area contributed by atoms with E-state index in [4.69, 9.17) is 10.5 Å². The Labute approximate surface area is 146 Å². The van der Waals surface area contributed by atoms with Crippen LogP contribution in [0.1, 0.15) is 39.2 Å². The van der Waals surface area contributed by atoms with Crippen LogP contribution in [0.15, 0.2) is 36.5 Å². The van der Waals surface area contributed by atoms with E-state index in [1.54, 1.807) is 6.20 Å². The van der Waals surface area contributed by atoms with Crippen LogP contribution in [0.3, 0.4) is 0 Å². The molecule has 132 valence electrons. The minimum atomic E-state index is -0.515. The number of aromatic nitrogens is 1. The summed E-state index contributed by atoms with van der Waals surface area (Å²) in [4.78, 5) is 23.4. The van der Waals surface area contributed by atoms with Crippen molar-refractivity contribution in [3.05, 3.63) is 42.1 Å². The standard InChI is InChI=1S/C19H23N3O3/c1-19(2,3)25-18(24)21-13-8-7-12(11-13)14-5-4-6-16-15(14)9-10-22(16)17(20)23/h4-6,9-11,13H,7-8H2,1-3H3,(H2,20,23)(H,21,24). The molecule has 6 nitrogen and oxygen atoms in total. The first-order valence-corrected chi connectivity index (χ1v) is 8.35. The number of nitrogens with zero attached hydrogens (tertiary/aromatic N) is 1. The van der Waals surface area contributed by atoms with Gasteiger partial charge in [-0.3, -0.25) is 4.57 Å². The summed E-state index contributed by atoms with van der Waals surface area (Å²) in [7, 11) is 0. The van der Waals surface area contributed by atoms with Crippen molar-refractivity contribution in [2.24, 2.45) is 5.73 Å². The molecule has 1 unspecified atom stereocenters. The topological polar surface area (TPSA) is 86.3 Å². The van der Waals surface area contributed by atoms with E-state index in [0.717, 1.165) is 34.9 Å². The Kier molecular flexibility index (Phi) is 4.29. The highest BCUT2D eigenvalue weighted by Crippen LogP contribution is 2.33. The fraction of sp³-hybridized carbons (Fsp3) is 0.368. The molecule has 0 spiro atoms. The van der Waals surface area contributed by atoms with Crippen LogP contribution in [-0.4, -0.2) is 28.3 Å². The van der Waals surface area contributed by atoms with Gasteiger partial charge in [0.15, 0.2) is 0 Å². The van der Waals surface area contributed by atoms with Gasteiger partial charge >= 0.3 is 12.1 Å². The Balaban J connectivity index is 1.82. The molecular weight excluding hydrogens is 318 g/mol. The molecule has 1 aliphatic rings. The quantitative estimate of drug-likeness (QED) is 0.874. The van der Waals surface area contributed by atoms with E-state index >= 15 is 0 Å². The second kappa shape index (κ2) is 6.27. The minimum absolute atomic E-state index is 0.0571. The number of benzene rings is 1. The van der Waals surface area contributed by atoms with Crippen LogP contribution in [0.4, 0.5) is 9.59 Å². The van der Waals surface area contributed by atoms with Gasteiger partial charge in [0.2, 0.25) is 0 Å². The number of alkyl carbamates (subject to hydrolysis) is 1. The Bertz CT molecular complexity index is 858. The third-order valence-electron chi connectivity index (χ3n) is 4.15. The highest BCUT2D eigenvalue weighted by molar-refractivity contribution is 5.98. The van der Waals surface area contributed by atoms with E-state index in [2.05, 4.69) is 11.4 Å². The Hall–Kier alpha value is -2.76. The zero-order chi connectivity index (χ0) is 18.2. The number of fused-ring (bicyclic) bond motifs is 1. The summed E-state index contributed by atoms with van der Waals surface area (Å²) in [6.45, 7) is 5.52. The number of rotatable bonds is 2.